The van der Waals surface area contributed by atoms with Crippen LogP contribution in [0.15, 0.2) is 24.5 Å². The predicted octanol–water partition coefficient (Wildman–Crippen LogP) is 1.72. The van der Waals surface area contributed by atoms with Gasteiger partial charge in [-0.25, -0.2) is 4.79 Å². The topological polar surface area (TPSA) is 54.5 Å². The highest BCUT2D eigenvalue weighted by Crippen LogP contribution is 2.17. The molecule has 1 aromatic heterocycles. The molecule has 5 heteroatoms. The van der Waals surface area contributed by atoms with Gasteiger partial charge < -0.3 is 15.0 Å². The van der Waals surface area contributed by atoms with E-state index in [0.717, 1.165) is 0 Å². The zero-order chi connectivity index (χ0) is 12.3. The van der Waals surface area contributed by atoms with Gasteiger partial charge in [-0.2, -0.15) is 0 Å². The van der Waals surface area contributed by atoms with Crippen LogP contribution in [-0.4, -0.2) is 41.2 Å². The number of nitrogens with zero attached hydrogens (tertiary/aromatic N) is 2. The molecule has 0 atom stereocenters. The van der Waals surface area contributed by atoms with Crippen LogP contribution in [0.4, 0.5) is 10.5 Å². The lowest BCUT2D eigenvalue weighted by Gasteiger charge is -2.37. The van der Waals surface area contributed by atoms with Crippen molar-refractivity contribution in [2.75, 3.05) is 25.0 Å². The van der Waals surface area contributed by atoms with Crippen molar-refractivity contribution in [2.45, 2.75) is 19.4 Å². The summed E-state index contributed by atoms with van der Waals surface area (Å²) in [5, 5.41) is 2.82. The first-order chi connectivity index (χ1) is 8.07. The third-order valence-corrected chi connectivity index (χ3v) is 2.63. The van der Waals surface area contributed by atoms with E-state index in [9.17, 15) is 4.79 Å². The summed E-state index contributed by atoms with van der Waals surface area (Å²) in [7, 11) is 0. The van der Waals surface area contributed by atoms with Crippen LogP contribution in [0.1, 0.15) is 13.8 Å². The summed E-state index contributed by atoms with van der Waals surface area (Å²) in [6.07, 6.45) is 3.30. The molecule has 0 unspecified atom stereocenters. The van der Waals surface area contributed by atoms with Gasteiger partial charge in [0.25, 0.3) is 0 Å². The van der Waals surface area contributed by atoms with E-state index in [0.29, 0.717) is 25.4 Å². The standard InChI is InChI=1S/C12H17N3O2/c1-12(2)9-15(6-7-17-12)11(16)14-10-4-3-5-13-8-10/h3-5,8H,6-7,9H2,1-2H3,(H,14,16). The highest BCUT2D eigenvalue weighted by atomic mass is 16.5. The van der Waals surface area contributed by atoms with Crippen LogP contribution in [0.2, 0.25) is 0 Å². The van der Waals surface area contributed by atoms with E-state index in [4.69, 9.17) is 4.74 Å². The van der Waals surface area contributed by atoms with Gasteiger partial charge in [0.2, 0.25) is 0 Å². The summed E-state index contributed by atoms with van der Waals surface area (Å²) < 4.78 is 5.56. The lowest BCUT2D eigenvalue weighted by molar-refractivity contribution is -0.0720. The molecular formula is C12H17N3O2. The fraction of sp³-hybridized carbons (Fsp3) is 0.500. The fourth-order valence-corrected chi connectivity index (χ4v) is 1.83. The Balaban J connectivity index is 1.96. The number of morpholine rings is 1. The third kappa shape index (κ3) is 3.17. The zero-order valence-electron chi connectivity index (χ0n) is 10.1. The molecule has 0 saturated carbocycles. The maximum absolute atomic E-state index is 12.0. The summed E-state index contributed by atoms with van der Waals surface area (Å²) in [5.74, 6) is 0. The molecular weight excluding hydrogens is 218 g/mol. The number of hydrogen-bond donors (Lipinski definition) is 1. The molecule has 1 saturated heterocycles. The average molecular weight is 235 g/mol. The molecule has 0 spiro atoms. The van der Waals surface area contributed by atoms with Crippen LogP contribution < -0.4 is 5.32 Å². The van der Waals surface area contributed by atoms with Gasteiger partial charge in [-0.15, -0.1) is 0 Å². The van der Waals surface area contributed by atoms with Crippen molar-refractivity contribution < 1.29 is 9.53 Å². The largest absolute Gasteiger partial charge is 0.372 e. The Morgan fingerprint density at radius 1 is 1.59 bits per heavy atom. The van der Waals surface area contributed by atoms with Crippen molar-refractivity contribution in [3.8, 4) is 0 Å². The Morgan fingerprint density at radius 3 is 3.06 bits per heavy atom. The van der Waals surface area contributed by atoms with Crippen LogP contribution in [0.25, 0.3) is 0 Å². The Bertz CT molecular complexity index is 392. The number of nitrogens with one attached hydrogen (secondary N) is 1. The second kappa shape index (κ2) is 4.71. The van der Waals surface area contributed by atoms with Gasteiger partial charge in [-0.3, -0.25) is 4.98 Å². The molecule has 0 bridgehead atoms. The first kappa shape index (κ1) is 11.9. The summed E-state index contributed by atoms with van der Waals surface area (Å²) >= 11 is 0. The number of aromatic nitrogens is 1. The van der Waals surface area contributed by atoms with E-state index in [1.807, 2.05) is 19.9 Å². The van der Waals surface area contributed by atoms with Crippen molar-refractivity contribution in [1.29, 1.82) is 0 Å². The maximum atomic E-state index is 12.0. The number of rotatable bonds is 1. The lowest BCUT2D eigenvalue weighted by atomic mass is 10.1. The number of hydrogen-bond acceptors (Lipinski definition) is 3. The van der Waals surface area contributed by atoms with Gasteiger partial charge >= 0.3 is 6.03 Å². The van der Waals surface area contributed by atoms with Crippen molar-refractivity contribution >= 4 is 11.7 Å². The van der Waals surface area contributed by atoms with Gasteiger partial charge in [0.1, 0.15) is 0 Å². The maximum Gasteiger partial charge on any atom is 0.322 e. The number of urea groups is 1. The molecule has 1 aliphatic heterocycles. The monoisotopic (exact) mass is 235 g/mol. The van der Waals surface area contributed by atoms with E-state index >= 15 is 0 Å². The van der Waals surface area contributed by atoms with Crippen LogP contribution >= 0.6 is 0 Å². The summed E-state index contributed by atoms with van der Waals surface area (Å²) in [6.45, 7) is 5.76. The molecule has 0 aromatic carbocycles. The highest BCUT2D eigenvalue weighted by molar-refractivity contribution is 5.89. The summed E-state index contributed by atoms with van der Waals surface area (Å²) in [6, 6.07) is 3.50. The molecule has 1 aromatic rings. The first-order valence-corrected chi connectivity index (χ1v) is 5.67. The molecule has 2 heterocycles. The zero-order valence-corrected chi connectivity index (χ0v) is 10.1. The van der Waals surface area contributed by atoms with Crippen LogP contribution in [0, 0.1) is 0 Å². The van der Waals surface area contributed by atoms with Crippen LogP contribution in [-0.2, 0) is 4.74 Å². The smallest absolute Gasteiger partial charge is 0.322 e. The van der Waals surface area contributed by atoms with E-state index in [-0.39, 0.29) is 11.6 Å². The Hall–Kier alpha value is -1.62. The molecule has 1 fully saturated rings. The van der Waals surface area contributed by atoms with Gasteiger partial charge in [0, 0.05) is 12.7 Å². The van der Waals surface area contributed by atoms with Crippen molar-refractivity contribution in [1.82, 2.24) is 9.88 Å². The summed E-state index contributed by atoms with van der Waals surface area (Å²) in [5.41, 5.74) is 0.437. The molecule has 0 aliphatic carbocycles. The molecule has 1 aliphatic rings. The van der Waals surface area contributed by atoms with Gasteiger partial charge in [0.05, 0.1) is 30.6 Å². The number of carbonyl (C=O) groups excluding carboxylic acids is 1. The first-order valence-electron chi connectivity index (χ1n) is 5.67. The van der Waals surface area contributed by atoms with Crippen molar-refractivity contribution in [3.63, 3.8) is 0 Å². The van der Waals surface area contributed by atoms with Crippen molar-refractivity contribution in [3.05, 3.63) is 24.5 Å². The fourth-order valence-electron chi connectivity index (χ4n) is 1.83. The molecule has 92 valence electrons. The molecule has 0 radical (unpaired) electrons. The Labute approximate surface area is 101 Å². The lowest BCUT2D eigenvalue weighted by Crippen LogP contribution is -2.51. The quantitative estimate of drug-likeness (QED) is 0.806. The SMILES string of the molecule is CC1(C)CN(C(=O)Nc2cccnc2)CCO1. The molecule has 5 nitrogen and oxygen atoms in total. The van der Waals surface area contributed by atoms with E-state index in [1.54, 1.807) is 23.4 Å². The summed E-state index contributed by atoms with van der Waals surface area (Å²) in [4.78, 5) is 17.7. The van der Waals surface area contributed by atoms with Crippen molar-refractivity contribution in [2.24, 2.45) is 0 Å². The minimum atomic E-state index is -0.273. The number of pyridine rings is 1. The van der Waals surface area contributed by atoms with E-state index in [1.165, 1.54) is 0 Å². The Kier molecular flexibility index (Phi) is 3.28. The minimum absolute atomic E-state index is 0.102. The van der Waals surface area contributed by atoms with Crippen LogP contribution in [0.3, 0.4) is 0 Å². The number of ether oxygens (including phenoxy) is 1. The van der Waals surface area contributed by atoms with Crippen LogP contribution in [0.5, 0.6) is 0 Å². The average Bonchev–Trinajstić information content (AvgIpc) is 2.29. The molecule has 17 heavy (non-hydrogen) atoms. The third-order valence-electron chi connectivity index (χ3n) is 2.63. The van der Waals surface area contributed by atoms with Gasteiger partial charge in [0.15, 0.2) is 0 Å². The number of amides is 2. The molecule has 1 N–H and O–H groups in total. The second-order valence-electron chi connectivity index (χ2n) is 4.70. The van der Waals surface area contributed by atoms with Gasteiger partial charge in [-0.05, 0) is 26.0 Å². The number of anilines is 1. The molecule has 2 rings (SSSR count). The Morgan fingerprint density at radius 2 is 2.41 bits per heavy atom. The second-order valence-corrected chi connectivity index (χ2v) is 4.70. The number of carbonyl (C=O) groups is 1. The van der Waals surface area contributed by atoms with E-state index < -0.39 is 0 Å². The predicted molar refractivity (Wildman–Crippen MR) is 64.9 cm³/mol. The normalized spacial score (nSPS) is 18.8. The highest BCUT2D eigenvalue weighted by Gasteiger charge is 2.29. The minimum Gasteiger partial charge on any atom is -0.372 e. The van der Waals surface area contributed by atoms with E-state index in [2.05, 4.69) is 10.3 Å². The molecule has 2 amide bonds. The van der Waals surface area contributed by atoms with Gasteiger partial charge in [-0.1, -0.05) is 0 Å².